The van der Waals surface area contributed by atoms with E-state index in [1.54, 1.807) is 24.3 Å². The average molecular weight is 301 g/mol. The minimum Gasteiger partial charge on any atom is -0.404 e. The fourth-order valence-electron chi connectivity index (χ4n) is 1.43. The number of rotatable bonds is 10. The summed E-state index contributed by atoms with van der Waals surface area (Å²) in [5.41, 5.74) is 6.21. The lowest BCUT2D eigenvalue weighted by molar-refractivity contribution is 0.152. The van der Waals surface area contributed by atoms with E-state index < -0.39 is 7.82 Å². The molecule has 5 nitrogen and oxygen atoms in total. The molecule has 0 aliphatic carbocycles. The van der Waals surface area contributed by atoms with Crippen molar-refractivity contribution in [3.8, 4) is 5.75 Å². The Labute approximate surface area is 121 Å². The molecule has 0 aliphatic rings. The lowest BCUT2D eigenvalue weighted by atomic mass is 10.3. The van der Waals surface area contributed by atoms with Crippen molar-refractivity contribution in [1.29, 1.82) is 0 Å². The van der Waals surface area contributed by atoms with Gasteiger partial charge in [-0.3, -0.25) is 9.05 Å². The third-order valence-corrected chi connectivity index (χ3v) is 4.00. The Bertz CT molecular complexity index is 425. The summed E-state index contributed by atoms with van der Waals surface area (Å²) in [6.45, 7) is 4.76. The molecule has 1 aromatic rings. The van der Waals surface area contributed by atoms with Gasteiger partial charge in [0.25, 0.3) is 0 Å². The van der Waals surface area contributed by atoms with Crippen molar-refractivity contribution in [2.24, 2.45) is 0 Å². The molecule has 0 bridgehead atoms. The minimum atomic E-state index is -3.58. The van der Waals surface area contributed by atoms with E-state index in [2.05, 4.69) is 0 Å². The summed E-state index contributed by atoms with van der Waals surface area (Å²) in [5.74, 6) is 0.390. The summed E-state index contributed by atoms with van der Waals surface area (Å²) in [4.78, 5) is 0. The van der Waals surface area contributed by atoms with Gasteiger partial charge < -0.3 is 10.3 Å². The number of phosphoric ester groups is 1. The molecule has 0 fully saturated rings. The van der Waals surface area contributed by atoms with Crippen molar-refractivity contribution in [3.63, 3.8) is 0 Å². The maximum Gasteiger partial charge on any atom is 0.530 e. The van der Waals surface area contributed by atoms with E-state index in [-0.39, 0.29) is 0 Å². The largest absolute Gasteiger partial charge is 0.530 e. The lowest BCUT2D eigenvalue weighted by Crippen LogP contribution is -2.05. The van der Waals surface area contributed by atoms with Crippen LogP contribution in [0.2, 0.25) is 0 Å². The maximum atomic E-state index is 12.5. The molecular formula is C14H24NO4P. The van der Waals surface area contributed by atoms with Gasteiger partial charge in [-0.05, 0) is 25.0 Å². The molecule has 0 saturated carbocycles. The third-order valence-electron chi connectivity index (χ3n) is 2.57. The van der Waals surface area contributed by atoms with Crippen molar-refractivity contribution in [3.05, 3.63) is 24.3 Å². The van der Waals surface area contributed by atoms with Crippen molar-refractivity contribution in [1.82, 2.24) is 0 Å². The van der Waals surface area contributed by atoms with Crippen LogP contribution in [-0.2, 0) is 13.6 Å². The summed E-state index contributed by atoms with van der Waals surface area (Å²) in [5, 5.41) is 0. The predicted octanol–water partition coefficient (Wildman–Crippen LogP) is 4.39. The molecule has 0 radical (unpaired) electrons. The first kappa shape index (κ1) is 17.0. The van der Waals surface area contributed by atoms with Gasteiger partial charge in [-0.25, -0.2) is 4.57 Å². The highest BCUT2D eigenvalue weighted by molar-refractivity contribution is 7.48. The molecule has 0 amide bonds. The Morgan fingerprint density at radius 1 is 1.10 bits per heavy atom. The van der Waals surface area contributed by atoms with Gasteiger partial charge in [-0.2, -0.15) is 0 Å². The zero-order chi connectivity index (χ0) is 14.8. The van der Waals surface area contributed by atoms with Gasteiger partial charge in [0.05, 0.1) is 13.2 Å². The molecule has 1 rings (SSSR count). The molecule has 0 atom stereocenters. The van der Waals surface area contributed by atoms with Gasteiger partial charge in [-0.15, -0.1) is 0 Å². The molecule has 0 aromatic heterocycles. The van der Waals surface area contributed by atoms with Crippen LogP contribution in [-0.4, -0.2) is 13.2 Å². The first-order chi connectivity index (χ1) is 9.59. The summed E-state index contributed by atoms with van der Waals surface area (Å²) < 4.78 is 28.6. The molecule has 0 spiro atoms. The molecule has 114 valence electrons. The maximum absolute atomic E-state index is 12.5. The number of nitrogens with two attached hydrogens (primary N) is 1. The van der Waals surface area contributed by atoms with E-state index in [0.29, 0.717) is 24.7 Å². The highest BCUT2D eigenvalue weighted by Crippen LogP contribution is 2.49. The molecule has 0 saturated heterocycles. The molecule has 20 heavy (non-hydrogen) atoms. The van der Waals surface area contributed by atoms with Crippen LogP contribution in [0.15, 0.2) is 24.3 Å². The molecule has 2 N–H and O–H groups in total. The molecule has 0 heterocycles. The van der Waals surface area contributed by atoms with Gasteiger partial charge in [0.2, 0.25) is 0 Å². The van der Waals surface area contributed by atoms with E-state index >= 15 is 0 Å². The van der Waals surface area contributed by atoms with Crippen molar-refractivity contribution in [2.45, 2.75) is 39.5 Å². The van der Waals surface area contributed by atoms with E-state index in [4.69, 9.17) is 19.3 Å². The number of anilines is 1. The van der Waals surface area contributed by atoms with E-state index in [0.717, 1.165) is 25.7 Å². The van der Waals surface area contributed by atoms with Crippen LogP contribution in [0.3, 0.4) is 0 Å². The van der Waals surface area contributed by atoms with Crippen molar-refractivity contribution in [2.75, 3.05) is 18.9 Å². The number of nitrogen functional groups attached to an aromatic ring is 1. The number of unbranched alkanes of at least 4 members (excludes halogenated alkanes) is 2. The predicted molar refractivity (Wildman–Crippen MR) is 80.8 cm³/mol. The standard InChI is InChI=1S/C14H24NO4P/c1-3-5-10-17-20(16,18-11-6-4-2)19-14-9-7-8-13(15)12-14/h7-9,12H,3-6,10-11,15H2,1-2H3. The smallest absolute Gasteiger partial charge is 0.404 e. The second kappa shape index (κ2) is 9.01. The average Bonchev–Trinajstić information content (AvgIpc) is 2.39. The normalized spacial score (nSPS) is 11.5. The zero-order valence-corrected chi connectivity index (χ0v) is 13.1. The van der Waals surface area contributed by atoms with Crippen LogP contribution in [0.5, 0.6) is 5.75 Å². The van der Waals surface area contributed by atoms with Crippen LogP contribution in [0, 0.1) is 0 Å². The molecule has 6 heteroatoms. The van der Waals surface area contributed by atoms with Gasteiger partial charge >= 0.3 is 7.82 Å². The second-order valence-electron chi connectivity index (χ2n) is 4.48. The monoisotopic (exact) mass is 301 g/mol. The molecule has 0 unspecified atom stereocenters. The van der Waals surface area contributed by atoms with Crippen LogP contribution < -0.4 is 10.3 Å². The Hall–Kier alpha value is -1.03. The lowest BCUT2D eigenvalue weighted by Gasteiger charge is -2.18. The van der Waals surface area contributed by atoms with E-state index in [1.807, 2.05) is 13.8 Å². The summed E-state index contributed by atoms with van der Waals surface area (Å²) in [6.07, 6.45) is 3.52. The van der Waals surface area contributed by atoms with Gasteiger partial charge in [-0.1, -0.05) is 32.8 Å². The summed E-state index contributed by atoms with van der Waals surface area (Å²) in [7, 11) is -3.58. The Kier molecular flexibility index (Phi) is 7.67. The number of hydrogen-bond donors (Lipinski definition) is 1. The molecule has 0 aliphatic heterocycles. The van der Waals surface area contributed by atoms with Crippen LogP contribution in [0.4, 0.5) is 5.69 Å². The first-order valence-electron chi connectivity index (χ1n) is 7.04. The summed E-state index contributed by atoms with van der Waals surface area (Å²) in [6, 6.07) is 6.73. The molecule has 1 aromatic carbocycles. The third kappa shape index (κ3) is 6.42. The fraction of sp³-hybridized carbons (Fsp3) is 0.571. The number of hydrogen-bond acceptors (Lipinski definition) is 5. The van der Waals surface area contributed by atoms with Crippen LogP contribution in [0.25, 0.3) is 0 Å². The molecular weight excluding hydrogens is 277 g/mol. The van der Waals surface area contributed by atoms with E-state index in [9.17, 15) is 4.57 Å². The van der Waals surface area contributed by atoms with E-state index in [1.165, 1.54) is 0 Å². The Morgan fingerprint density at radius 2 is 1.70 bits per heavy atom. The highest BCUT2D eigenvalue weighted by Gasteiger charge is 2.28. The fourth-order valence-corrected chi connectivity index (χ4v) is 2.69. The van der Waals surface area contributed by atoms with Crippen LogP contribution >= 0.6 is 7.82 Å². The Balaban J connectivity index is 2.67. The second-order valence-corrected chi connectivity index (χ2v) is 6.08. The van der Waals surface area contributed by atoms with Crippen molar-refractivity contribution < 1.29 is 18.1 Å². The quantitative estimate of drug-likeness (QED) is 0.394. The summed E-state index contributed by atoms with van der Waals surface area (Å²) >= 11 is 0. The minimum absolute atomic E-state index is 0.349. The zero-order valence-electron chi connectivity index (χ0n) is 12.2. The first-order valence-corrected chi connectivity index (χ1v) is 8.50. The van der Waals surface area contributed by atoms with Gasteiger partial charge in [0.15, 0.2) is 0 Å². The number of phosphoric acid groups is 1. The van der Waals surface area contributed by atoms with Crippen LogP contribution in [0.1, 0.15) is 39.5 Å². The van der Waals surface area contributed by atoms with Crippen molar-refractivity contribution >= 4 is 13.5 Å². The number of benzene rings is 1. The Morgan fingerprint density at radius 3 is 2.20 bits per heavy atom. The highest BCUT2D eigenvalue weighted by atomic mass is 31.2. The SMILES string of the molecule is CCCCOP(=O)(OCCCC)Oc1cccc(N)c1. The topological polar surface area (TPSA) is 70.8 Å². The van der Waals surface area contributed by atoms with Gasteiger partial charge in [0, 0.05) is 11.8 Å². The van der Waals surface area contributed by atoms with Gasteiger partial charge in [0.1, 0.15) is 5.75 Å².